The van der Waals surface area contributed by atoms with Crippen molar-refractivity contribution in [2.75, 3.05) is 19.1 Å². The lowest BCUT2D eigenvalue weighted by Crippen LogP contribution is -2.49. The zero-order valence-corrected chi connectivity index (χ0v) is 11.8. The Morgan fingerprint density at radius 1 is 1.26 bits per heavy atom. The highest BCUT2D eigenvalue weighted by atomic mass is 16.5. The molecule has 1 heterocycles. The molecule has 1 unspecified atom stereocenters. The van der Waals surface area contributed by atoms with E-state index in [1.807, 2.05) is 19.9 Å². The second-order valence-electron chi connectivity index (χ2n) is 5.23. The van der Waals surface area contributed by atoms with E-state index in [0.717, 1.165) is 5.69 Å². The number of methoxy groups -OCH3 is 2. The molecule has 1 amide bonds. The number of ether oxygens (including phenoxy) is 2. The minimum absolute atomic E-state index is 0.0321. The quantitative estimate of drug-likeness (QED) is 0.899. The standard InChI is InChI=1S/C14H20N2O3/c1-14(2)12(15)8-13(17)16(14)9-5-6-10(18-3)11(7-9)19-4/h5-7,12H,8,15H2,1-4H3. The molecular weight excluding hydrogens is 244 g/mol. The van der Waals surface area contributed by atoms with E-state index >= 15 is 0 Å². The molecule has 19 heavy (non-hydrogen) atoms. The van der Waals surface area contributed by atoms with E-state index in [1.165, 1.54) is 0 Å². The van der Waals surface area contributed by atoms with Gasteiger partial charge in [0.25, 0.3) is 0 Å². The van der Waals surface area contributed by atoms with Crippen molar-refractivity contribution in [1.82, 2.24) is 0 Å². The number of carbonyl (C=O) groups excluding carboxylic acids is 1. The van der Waals surface area contributed by atoms with Gasteiger partial charge in [-0.3, -0.25) is 4.79 Å². The van der Waals surface area contributed by atoms with Crippen molar-refractivity contribution in [3.8, 4) is 11.5 Å². The van der Waals surface area contributed by atoms with Crippen molar-refractivity contribution < 1.29 is 14.3 Å². The Balaban J connectivity index is 2.44. The lowest BCUT2D eigenvalue weighted by molar-refractivity contribution is -0.117. The third-order valence-electron chi connectivity index (χ3n) is 3.75. The van der Waals surface area contributed by atoms with Crippen molar-refractivity contribution >= 4 is 11.6 Å². The fourth-order valence-corrected chi connectivity index (χ4v) is 2.46. The lowest BCUT2D eigenvalue weighted by Gasteiger charge is -2.34. The van der Waals surface area contributed by atoms with E-state index in [-0.39, 0.29) is 11.9 Å². The molecule has 0 radical (unpaired) electrons. The average Bonchev–Trinajstić information content (AvgIpc) is 2.57. The van der Waals surface area contributed by atoms with Gasteiger partial charge >= 0.3 is 0 Å². The molecule has 2 N–H and O–H groups in total. The predicted molar refractivity (Wildman–Crippen MR) is 73.7 cm³/mol. The highest BCUT2D eigenvalue weighted by Crippen LogP contribution is 2.38. The van der Waals surface area contributed by atoms with Crippen LogP contribution in [-0.2, 0) is 4.79 Å². The van der Waals surface area contributed by atoms with Crippen LogP contribution in [0, 0.1) is 0 Å². The topological polar surface area (TPSA) is 64.8 Å². The number of hydrogen-bond donors (Lipinski definition) is 1. The Morgan fingerprint density at radius 3 is 2.37 bits per heavy atom. The summed E-state index contributed by atoms with van der Waals surface area (Å²) in [6.45, 7) is 3.94. The number of benzene rings is 1. The number of nitrogens with two attached hydrogens (primary N) is 1. The molecule has 0 saturated carbocycles. The van der Waals surface area contributed by atoms with Crippen molar-refractivity contribution in [3.05, 3.63) is 18.2 Å². The maximum atomic E-state index is 12.1. The van der Waals surface area contributed by atoms with Crippen LogP contribution in [-0.4, -0.2) is 31.7 Å². The van der Waals surface area contributed by atoms with E-state index in [9.17, 15) is 4.79 Å². The minimum Gasteiger partial charge on any atom is -0.493 e. The number of hydrogen-bond acceptors (Lipinski definition) is 4. The van der Waals surface area contributed by atoms with Gasteiger partial charge in [0.15, 0.2) is 11.5 Å². The molecule has 1 saturated heterocycles. The SMILES string of the molecule is COc1ccc(N2C(=O)CC(N)C2(C)C)cc1OC. The summed E-state index contributed by atoms with van der Waals surface area (Å²) >= 11 is 0. The summed E-state index contributed by atoms with van der Waals surface area (Å²) in [6, 6.07) is 5.27. The summed E-state index contributed by atoms with van der Waals surface area (Å²) in [6.07, 6.45) is 0.362. The highest BCUT2D eigenvalue weighted by Gasteiger charge is 2.45. The Bertz CT molecular complexity index is 499. The zero-order chi connectivity index (χ0) is 14.2. The maximum absolute atomic E-state index is 12.1. The molecule has 1 aliphatic heterocycles. The normalized spacial score (nSPS) is 21.6. The van der Waals surface area contributed by atoms with Crippen LogP contribution < -0.4 is 20.1 Å². The van der Waals surface area contributed by atoms with Gasteiger partial charge in [0.1, 0.15) is 0 Å². The number of amides is 1. The summed E-state index contributed by atoms with van der Waals surface area (Å²) in [5, 5.41) is 0. The van der Waals surface area contributed by atoms with Gasteiger partial charge in [-0.2, -0.15) is 0 Å². The van der Waals surface area contributed by atoms with Crippen molar-refractivity contribution in [3.63, 3.8) is 0 Å². The molecule has 1 aliphatic rings. The van der Waals surface area contributed by atoms with E-state index in [2.05, 4.69) is 0 Å². The Hall–Kier alpha value is -1.75. The number of rotatable bonds is 3. The Labute approximate surface area is 113 Å². The summed E-state index contributed by atoms with van der Waals surface area (Å²) in [7, 11) is 3.16. The average molecular weight is 264 g/mol. The molecule has 0 bridgehead atoms. The van der Waals surface area contributed by atoms with Crippen LogP contribution >= 0.6 is 0 Å². The second-order valence-corrected chi connectivity index (χ2v) is 5.23. The largest absolute Gasteiger partial charge is 0.493 e. The predicted octanol–water partition coefficient (Wildman–Crippen LogP) is 1.55. The number of carbonyl (C=O) groups is 1. The van der Waals surface area contributed by atoms with Crippen molar-refractivity contribution in [2.24, 2.45) is 5.73 Å². The molecule has 5 nitrogen and oxygen atoms in total. The van der Waals surface area contributed by atoms with Crippen molar-refractivity contribution in [1.29, 1.82) is 0 Å². The Kier molecular flexibility index (Phi) is 3.41. The molecule has 1 aromatic carbocycles. The van der Waals surface area contributed by atoms with Gasteiger partial charge in [-0.15, -0.1) is 0 Å². The van der Waals surface area contributed by atoms with Gasteiger partial charge in [-0.05, 0) is 26.0 Å². The van der Waals surface area contributed by atoms with E-state index in [0.29, 0.717) is 17.9 Å². The van der Waals surface area contributed by atoms with Crippen LogP contribution in [0.2, 0.25) is 0 Å². The van der Waals surface area contributed by atoms with Gasteiger partial charge in [-0.25, -0.2) is 0 Å². The molecule has 0 aliphatic carbocycles. The van der Waals surface area contributed by atoms with Gasteiger partial charge in [-0.1, -0.05) is 0 Å². The van der Waals surface area contributed by atoms with Gasteiger partial charge in [0, 0.05) is 24.2 Å². The third-order valence-corrected chi connectivity index (χ3v) is 3.75. The lowest BCUT2D eigenvalue weighted by atomic mass is 9.96. The number of anilines is 1. The van der Waals surface area contributed by atoms with Crippen LogP contribution in [0.5, 0.6) is 11.5 Å². The first kappa shape index (κ1) is 13.7. The first-order valence-corrected chi connectivity index (χ1v) is 6.22. The first-order chi connectivity index (χ1) is 8.91. The molecule has 1 fully saturated rings. The number of nitrogens with zero attached hydrogens (tertiary/aromatic N) is 1. The summed E-state index contributed by atoms with van der Waals surface area (Å²) in [5.41, 5.74) is 6.41. The summed E-state index contributed by atoms with van der Waals surface area (Å²) < 4.78 is 10.5. The highest BCUT2D eigenvalue weighted by molar-refractivity contribution is 5.98. The molecule has 104 valence electrons. The molecule has 1 aromatic rings. The fraction of sp³-hybridized carbons (Fsp3) is 0.500. The summed E-state index contributed by atoms with van der Waals surface area (Å²) in [5.74, 6) is 1.27. The van der Waals surface area contributed by atoms with E-state index in [1.54, 1.807) is 31.3 Å². The molecule has 5 heteroatoms. The molecule has 0 aromatic heterocycles. The zero-order valence-electron chi connectivity index (χ0n) is 11.8. The maximum Gasteiger partial charge on any atom is 0.229 e. The van der Waals surface area contributed by atoms with Crippen LogP contribution in [0.1, 0.15) is 20.3 Å². The smallest absolute Gasteiger partial charge is 0.229 e. The van der Waals surface area contributed by atoms with Crippen molar-refractivity contribution in [2.45, 2.75) is 31.8 Å². The van der Waals surface area contributed by atoms with E-state index in [4.69, 9.17) is 15.2 Å². The third kappa shape index (κ3) is 2.14. The first-order valence-electron chi connectivity index (χ1n) is 6.22. The van der Waals surface area contributed by atoms with Gasteiger partial charge in [0.05, 0.1) is 19.8 Å². The minimum atomic E-state index is -0.406. The Morgan fingerprint density at radius 2 is 1.89 bits per heavy atom. The summed E-state index contributed by atoms with van der Waals surface area (Å²) in [4.78, 5) is 13.9. The monoisotopic (exact) mass is 264 g/mol. The molecule has 0 spiro atoms. The molecule has 1 atom stereocenters. The van der Waals surface area contributed by atoms with Crippen LogP contribution in [0.25, 0.3) is 0 Å². The second kappa shape index (κ2) is 4.74. The van der Waals surface area contributed by atoms with E-state index < -0.39 is 5.54 Å². The van der Waals surface area contributed by atoms with Crippen LogP contribution in [0.3, 0.4) is 0 Å². The van der Waals surface area contributed by atoms with Gasteiger partial charge in [0.2, 0.25) is 5.91 Å². The van der Waals surface area contributed by atoms with Crippen LogP contribution in [0.4, 0.5) is 5.69 Å². The fourth-order valence-electron chi connectivity index (χ4n) is 2.46. The van der Waals surface area contributed by atoms with Crippen LogP contribution in [0.15, 0.2) is 18.2 Å². The molecule has 2 rings (SSSR count). The van der Waals surface area contributed by atoms with Gasteiger partial charge < -0.3 is 20.1 Å². The molecular formula is C14H20N2O3.